The molecule has 2 aromatic rings. The number of carbonyl (C=O) groups excluding carboxylic acids is 4. The first-order valence-electron chi connectivity index (χ1n) is 17.8. The van der Waals surface area contributed by atoms with Gasteiger partial charge in [-0.15, -0.1) is 0 Å². The Balaban J connectivity index is 1.41. The molecule has 3 fully saturated rings. The Kier molecular flexibility index (Phi) is 8.04. The Morgan fingerprint density at radius 3 is 2.52 bits per heavy atom. The lowest BCUT2D eigenvalue weighted by Crippen LogP contribution is -2.11. The van der Waals surface area contributed by atoms with Crippen molar-refractivity contribution in [3.05, 3.63) is 98.8 Å². The second-order valence-electron chi connectivity index (χ2n) is 14.9. The van der Waals surface area contributed by atoms with Crippen molar-refractivity contribution in [2.24, 2.45) is 11.8 Å². The van der Waals surface area contributed by atoms with Crippen LogP contribution >= 0.6 is 44.0 Å². The summed E-state index contributed by atoms with van der Waals surface area (Å²) in [6, 6.07) is 3.99. The summed E-state index contributed by atoms with van der Waals surface area (Å²) < 4.78 is 0.683. The fourth-order valence-electron chi connectivity index (χ4n) is 8.98. The SMILES string of the molecule is C=C(SC=O)C1=C(CC)c2nc1nc1[nH]c(cc(C(=C)C(C)/C=C\C3SC3=O)nc(C)cc3[nH]c(n2)c2c3C3C(=O)SC2C3C)=C2C3C=CC(C=O)S=123C. The average molecular weight is 795 g/mol. The number of nitrogens with zero attached hydrogens (tertiary/aromatic N) is 4. The third-order valence-corrected chi connectivity index (χ3v) is 20.8. The predicted molar refractivity (Wildman–Crippen MR) is 222 cm³/mol. The summed E-state index contributed by atoms with van der Waals surface area (Å²) in [5.74, 6) is 0.564. The van der Waals surface area contributed by atoms with Gasteiger partial charge in [0.05, 0.1) is 27.5 Å². The highest BCUT2D eigenvalue weighted by Crippen LogP contribution is 2.92. The first kappa shape index (κ1) is 35.6. The molecule has 2 N–H and O–H groups in total. The number of hydrogen-bond acceptors (Lipinski definition) is 11. The number of thioether (sulfide) groups is 3. The minimum absolute atomic E-state index is 0.0234. The highest BCUT2D eigenvalue weighted by molar-refractivity contribution is 8.58. The van der Waals surface area contributed by atoms with Gasteiger partial charge >= 0.3 is 0 Å². The van der Waals surface area contributed by atoms with E-state index in [1.54, 1.807) is 0 Å². The topological polar surface area (TPSA) is 151 Å². The second-order valence-corrected chi connectivity index (χ2v) is 23.2. The zero-order valence-corrected chi connectivity index (χ0v) is 33.6. The van der Waals surface area contributed by atoms with Crippen LogP contribution in [0.4, 0.5) is 0 Å². The van der Waals surface area contributed by atoms with Crippen molar-refractivity contribution < 1.29 is 19.2 Å². The molecule has 7 unspecified atom stereocenters. The number of aryl methyl sites for hydroxylation is 1. The van der Waals surface area contributed by atoms with Crippen LogP contribution in [0.15, 0.2) is 54.5 Å². The lowest BCUT2D eigenvalue weighted by Gasteiger charge is -2.25. The molecule has 8 heterocycles. The summed E-state index contributed by atoms with van der Waals surface area (Å²) in [4.78, 5) is 79.3. The normalized spacial score (nSPS) is 28.5. The van der Waals surface area contributed by atoms with Gasteiger partial charge in [0, 0.05) is 54.1 Å². The number of hydrogen-bond donors (Lipinski definition) is 2. The van der Waals surface area contributed by atoms with E-state index in [0.717, 1.165) is 61.7 Å². The van der Waals surface area contributed by atoms with Crippen molar-refractivity contribution >= 4 is 99.0 Å². The Morgan fingerprint density at radius 2 is 1.81 bits per heavy atom. The maximum Gasteiger partial charge on any atom is 0.207 e. The summed E-state index contributed by atoms with van der Waals surface area (Å²) >= 11 is 3.66. The van der Waals surface area contributed by atoms with Crippen molar-refractivity contribution in [1.82, 2.24) is 29.9 Å². The molecular weight excluding hydrogens is 757 g/mol. The molecule has 14 heteroatoms. The molecule has 9 rings (SSSR count). The number of nitrogens with one attached hydrogen (secondary N) is 2. The van der Waals surface area contributed by atoms with E-state index in [0.29, 0.717) is 50.4 Å². The summed E-state index contributed by atoms with van der Waals surface area (Å²) in [6.07, 6.45) is 11.8. The fraction of sp³-hybridized carbons (Fsp3) is 0.325. The van der Waals surface area contributed by atoms with Crippen LogP contribution in [0.5, 0.6) is 0 Å². The number of carbonyl (C=O) groups is 4. The molecule has 10 nitrogen and oxygen atoms in total. The molecule has 2 aromatic heterocycles. The zero-order valence-electron chi connectivity index (χ0n) is 30.3. The first-order chi connectivity index (χ1) is 25.8. The van der Waals surface area contributed by atoms with E-state index in [-0.39, 0.29) is 49.0 Å². The van der Waals surface area contributed by atoms with Crippen LogP contribution in [0, 0.1) is 23.5 Å². The lowest BCUT2D eigenvalue weighted by atomic mass is 9.95. The van der Waals surface area contributed by atoms with Gasteiger partial charge in [0.15, 0.2) is 22.4 Å². The number of aromatic amines is 2. The van der Waals surface area contributed by atoms with E-state index in [2.05, 4.69) is 42.4 Å². The molecule has 7 atom stereocenters. The van der Waals surface area contributed by atoms with Gasteiger partial charge in [-0.25, -0.2) is 15.0 Å². The predicted octanol–water partition coefficient (Wildman–Crippen LogP) is 7.02. The fourth-order valence-corrected chi connectivity index (χ4v) is 17.1. The van der Waals surface area contributed by atoms with E-state index in [1.807, 2.05) is 51.1 Å². The summed E-state index contributed by atoms with van der Waals surface area (Å²) in [5, 5.41) is 0.619. The molecule has 276 valence electrons. The van der Waals surface area contributed by atoms with Gasteiger partial charge in [-0.3, -0.25) is 19.4 Å². The molecule has 0 radical (unpaired) electrons. The molecule has 3 saturated heterocycles. The minimum atomic E-state index is -2.82. The zero-order chi connectivity index (χ0) is 38.0. The van der Waals surface area contributed by atoms with Crippen LogP contribution in [0.25, 0.3) is 32.8 Å². The number of rotatable bonds is 9. The Labute approximate surface area is 324 Å². The van der Waals surface area contributed by atoms with Gasteiger partial charge in [0.2, 0.25) is 5.12 Å². The smallest absolute Gasteiger partial charge is 0.207 e. The molecule has 0 amide bonds. The van der Waals surface area contributed by atoms with Gasteiger partial charge in [-0.05, 0) is 48.8 Å². The monoisotopic (exact) mass is 794 g/mol. The van der Waals surface area contributed by atoms with Gasteiger partial charge in [-0.2, -0.15) is 8.75 Å². The van der Waals surface area contributed by atoms with Crippen molar-refractivity contribution in [2.45, 2.75) is 61.0 Å². The Hall–Kier alpha value is -4.11. The first-order valence-corrected chi connectivity index (χ1v) is 23.0. The van der Waals surface area contributed by atoms with Gasteiger partial charge < -0.3 is 14.8 Å². The Morgan fingerprint density at radius 1 is 1.04 bits per heavy atom. The second kappa shape index (κ2) is 12.2. The quantitative estimate of drug-likeness (QED) is 0.117. The number of allylic oxidation sites excluding steroid dienone is 4. The molecule has 0 aromatic carbocycles. The average Bonchev–Trinajstić information content (AvgIpc) is 3.46. The lowest BCUT2D eigenvalue weighted by molar-refractivity contribution is -0.112. The highest BCUT2D eigenvalue weighted by Gasteiger charge is 2.67. The van der Waals surface area contributed by atoms with Crippen LogP contribution in [0.2, 0.25) is 0 Å². The van der Waals surface area contributed by atoms with E-state index >= 15 is 0 Å². The highest BCUT2D eigenvalue weighted by atomic mass is 32.3. The molecule has 7 aliphatic rings. The number of aldehydes is 1. The third kappa shape index (κ3) is 4.75. The minimum Gasteiger partial charge on any atom is -0.340 e. The summed E-state index contributed by atoms with van der Waals surface area (Å²) in [6.45, 7) is 16.9. The van der Waals surface area contributed by atoms with Gasteiger partial charge in [0.25, 0.3) is 0 Å². The Bertz CT molecular complexity index is 2700. The van der Waals surface area contributed by atoms with Crippen LogP contribution in [-0.4, -0.2) is 74.0 Å². The van der Waals surface area contributed by atoms with Crippen LogP contribution in [0.3, 0.4) is 0 Å². The largest absolute Gasteiger partial charge is 0.340 e. The molecule has 8 bridgehead atoms. The summed E-state index contributed by atoms with van der Waals surface area (Å²) in [7, 11) is -2.82. The van der Waals surface area contributed by atoms with E-state index in [4.69, 9.17) is 19.9 Å². The third-order valence-electron chi connectivity index (χ3n) is 12.0. The van der Waals surface area contributed by atoms with E-state index in [9.17, 15) is 19.2 Å². The molecule has 0 saturated carbocycles. The van der Waals surface area contributed by atoms with Crippen LogP contribution in [-0.2, 0) is 19.2 Å². The van der Waals surface area contributed by atoms with E-state index < -0.39 is 8.75 Å². The van der Waals surface area contributed by atoms with E-state index in [1.165, 1.54) is 23.5 Å². The maximum atomic E-state index is 13.3. The number of fused-ring (bicyclic) bond motifs is 14. The maximum absolute atomic E-state index is 13.3. The number of aromatic nitrogens is 6. The van der Waals surface area contributed by atoms with Crippen LogP contribution < -0.4 is 5.35 Å². The summed E-state index contributed by atoms with van der Waals surface area (Å²) in [5.41, 5.74) is 7.71. The van der Waals surface area contributed by atoms with Crippen molar-refractivity contribution in [3.63, 3.8) is 0 Å². The van der Waals surface area contributed by atoms with Gasteiger partial charge in [0.1, 0.15) is 16.7 Å². The van der Waals surface area contributed by atoms with Gasteiger partial charge in [-0.1, -0.05) is 93.5 Å². The van der Waals surface area contributed by atoms with Crippen molar-refractivity contribution in [1.29, 1.82) is 0 Å². The molecule has 1 aliphatic carbocycles. The molecular formula is C40H38N6O4S4. The van der Waals surface area contributed by atoms with Crippen molar-refractivity contribution in [2.75, 3.05) is 6.26 Å². The number of H-pyrrole nitrogens is 2. The van der Waals surface area contributed by atoms with Crippen LogP contribution in [0.1, 0.15) is 72.5 Å². The molecule has 1 spiro atoms. The molecule has 6 aliphatic heterocycles. The molecule has 54 heavy (non-hydrogen) atoms. The van der Waals surface area contributed by atoms with Crippen molar-refractivity contribution in [3.8, 4) is 0 Å². The standard InChI is InChI=1S/C40H38N6O4S4/c1-8-23-30(21(6)51-16-48)36-44-35(23)45-37-32-31(29-20(5)33(32)53-39(29)50)25(42-37)13-18(3)41-24(19(4)17(2)9-11-27-38(49)52-27)14-26-34-28-12-10-22(15-47)54(28,34,7)40(43-26)46-36/h9-17,20,22,27-29,33H,4,6,8H2,1-3,5,7H3,(H2,42,43,44,45,46)/b11-9-.